The second-order valence-corrected chi connectivity index (χ2v) is 10.9. The molecule has 1 aromatic rings. The van der Waals surface area contributed by atoms with E-state index in [4.69, 9.17) is 4.74 Å². The zero-order valence-corrected chi connectivity index (χ0v) is 19.9. The van der Waals surface area contributed by atoms with Crippen LogP contribution in [0, 0.1) is 5.92 Å². The van der Waals surface area contributed by atoms with Gasteiger partial charge in [-0.3, -0.25) is 10.1 Å². The largest absolute Gasteiger partial charge is 0.466 e. The zero-order valence-electron chi connectivity index (χ0n) is 18.2. The summed E-state index contributed by atoms with van der Waals surface area (Å²) in [6, 6.07) is 0.720. The molecule has 6 nitrogen and oxygen atoms in total. The summed E-state index contributed by atoms with van der Waals surface area (Å²) in [7, 11) is 0. The van der Waals surface area contributed by atoms with Gasteiger partial charge in [-0.05, 0) is 51.4 Å². The Morgan fingerprint density at radius 3 is 2.57 bits per heavy atom. The highest BCUT2D eigenvalue weighted by Gasteiger charge is 2.34. The summed E-state index contributed by atoms with van der Waals surface area (Å²) in [5.74, 6) is 1.25. The van der Waals surface area contributed by atoms with Gasteiger partial charge in [-0.2, -0.15) is 0 Å². The number of carbonyl (C=O) groups is 2. The van der Waals surface area contributed by atoms with Gasteiger partial charge in [0.25, 0.3) is 0 Å². The van der Waals surface area contributed by atoms with Crippen molar-refractivity contribution in [2.75, 3.05) is 17.7 Å². The summed E-state index contributed by atoms with van der Waals surface area (Å²) in [5.41, 5.74) is 0. The van der Waals surface area contributed by atoms with Crippen LogP contribution < -0.4 is 5.32 Å². The summed E-state index contributed by atoms with van der Waals surface area (Å²) in [4.78, 5) is 31.3. The fourth-order valence-corrected chi connectivity index (χ4v) is 6.38. The third-order valence-corrected chi connectivity index (χ3v) is 8.24. The predicted octanol–water partition coefficient (Wildman–Crippen LogP) is 5.93. The Hall–Kier alpha value is -1.28. The molecule has 0 radical (unpaired) electrons. The lowest BCUT2D eigenvalue weighted by molar-refractivity contribution is -0.142. The third kappa shape index (κ3) is 6.87. The number of amides is 2. The second-order valence-electron chi connectivity index (χ2n) is 8.43. The molecule has 0 aromatic carbocycles. The molecule has 8 heteroatoms. The lowest BCUT2D eigenvalue weighted by Gasteiger charge is -2.42. The molecule has 2 aliphatic rings. The molecule has 1 N–H and O–H groups in total. The molecule has 2 fully saturated rings. The average molecular weight is 454 g/mol. The van der Waals surface area contributed by atoms with Crippen LogP contribution in [0.5, 0.6) is 0 Å². The highest BCUT2D eigenvalue weighted by molar-refractivity contribution is 8.01. The molecule has 0 aliphatic heterocycles. The van der Waals surface area contributed by atoms with E-state index in [1.807, 2.05) is 6.92 Å². The maximum Gasteiger partial charge on any atom is 0.324 e. The van der Waals surface area contributed by atoms with Crippen molar-refractivity contribution in [1.29, 1.82) is 0 Å². The van der Waals surface area contributed by atoms with Gasteiger partial charge in [-0.25, -0.2) is 9.78 Å². The lowest BCUT2D eigenvalue weighted by Crippen LogP contribution is -2.51. The second kappa shape index (κ2) is 11.9. The topological polar surface area (TPSA) is 71.5 Å². The minimum atomic E-state index is -0.173. The number of nitrogens with zero attached hydrogens (tertiary/aromatic N) is 2. The molecule has 3 rings (SSSR count). The fourth-order valence-electron chi connectivity index (χ4n) is 4.52. The van der Waals surface area contributed by atoms with Crippen LogP contribution in [-0.2, 0) is 9.53 Å². The Bertz CT molecular complexity index is 683. The molecule has 1 aromatic heterocycles. The Morgan fingerprint density at radius 2 is 1.87 bits per heavy atom. The highest BCUT2D eigenvalue weighted by atomic mass is 32.2. The van der Waals surface area contributed by atoms with Crippen molar-refractivity contribution in [2.45, 2.75) is 94.3 Å². The van der Waals surface area contributed by atoms with E-state index < -0.39 is 0 Å². The zero-order chi connectivity index (χ0) is 21.3. The van der Waals surface area contributed by atoms with Gasteiger partial charge in [-0.1, -0.05) is 37.5 Å². The van der Waals surface area contributed by atoms with Crippen LogP contribution in [0.15, 0.2) is 10.4 Å². The molecule has 1 heterocycles. The number of ether oxygens (including phenoxy) is 1. The molecule has 0 saturated heterocycles. The van der Waals surface area contributed by atoms with E-state index in [1.165, 1.54) is 43.4 Å². The van der Waals surface area contributed by atoms with Crippen LogP contribution in [0.4, 0.5) is 9.93 Å². The van der Waals surface area contributed by atoms with Crippen LogP contribution in [0.2, 0.25) is 0 Å². The van der Waals surface area contributed by atoms with Crippen LogP contribution in [-0.4, -0.2) is 46.3 Å². The number of urea groups is 1. The van der Waals surface area contributed by atoms with Gasteiger partial charge in [0.15, 0.2) is 5.13 Å². The van der Waals surface area contributed by atoms with Crippen LogP contribution in [0.25, 0.3) is 0 Å². The molecular weight excluding hydrogens is 418 g/mol. The predicted molar refractivity (Wildman–Crippen MR) is 123 cm³/mol. The van der Waals surface area contributed by atoms with E-state index >= 15 is 0 Å². The van der Waals surface area contributed by atoms with Gasteiger partial charge < -0.3 is 9.64 Å². The monoisotopic (exact) mass is 453 g/mol. The number of nitrogens with one attached hydrogen (secondary N) is 1. The highest BCUT2D eigenvalue weighted by Crippen LogP contribution is 2.34. The van der Waals surface area contributed by atoms with Gasteiger partial charge in [0, 0.05) is 17.8 Å². The first kappa shape index (κ1) is 23.4. The standard InChI is InChI=1S/C22H35N3O3S2/c1-3-28-19(26)13-14-29-20-15-23-21(30-20)24-22(27)25(17-7-5-4-6-8-17)18-11-9-16(2)10-12-18/h15-18H,3-14H2,1-2H3,(H,23,24,27)/t16-,18-. The Kier molecular flexibility index (Phi) is 9.30. The molecule has 168 valence electrons. The normalized spacial score (nSPS) is 22.5. The van der Waals surface area contributed by atoms with Gasteiger partial charge in [0.05, 0.1) is 23.4 Å². The van der Waals surface area contributed by atoms with Crippen molar-refractivity contribution < 1.29 is 14.3 Å². The molecule has 2 amide bonds. The number of thiazole rings is 1. The van der Waals surface area contributed by atoms with E-state index in [0.29, 0.717) is 36.0 Å². The molecule has 0 unspecified atom stereocenters. The molecule has 0 bridgehead atoms. The fraction of sp³-hybridized carbons (Fsp3) is 0.773. The summed E-state index contributed by atoms with van der Waals surface area (Å²) in [6.07, 6.45) is 12.8. The number of rotatable bonds is 8. The molecule has 2 saturated carbocycles. The Morgan fingerprint density at radius 1 is 1.17 bits per heavy atom. The average Bonchev–Trinajstić information content (AvgIpc) is 3.18. The first-order valence-electron chi connectivity index (χ1n) is 11.4. The smallest absolute Gasteiger partial charge is 0.324 e. The van der Waals surface area contributed by atoms with Crippen molar-refractivity contribution >= 4 is 40.2 Å². The number of hydrogen-bond acceptors (Lipinski definition) is 6. The van der Waals surface area contributed by atoms with Crippen molar-refractivity contribution in [2.24, 2.45) is 5.92 Å². The van der Waals surface area contributed by atoms with Crippen molar-refractivity contribution in [1.82, 2.24) is 9.88 Å². The summed E-state index contributed by atoms with van der Waals surface area (Å²) >= 11 is 3.06. The van der Waals surface area contributed by atoms with Gasteiger partial charge >= 0.3 is 12.0 Å². The number of hydrogen-bond donors (Lipinski definition) is 1. The van der Waals surface area contributed by atoms with Gasteiger partial charge in [-0.15, -0.1) is 11.8 Å². The SMILES string of the molecule is CCOC(=O)CCSc1cnc(NC(=O)N(C2CCCCC2)[C@H]2CC[C@H](C)CC2)s1. The van der Waals surface area contributed by atoms with E-state index in [-0.39, 0.29) is 12.0 Å². The Labute approximate surface area is 188 Å². The van der Waals surface area contributed by atoms with E-state index in [2.05, 4.69) is 22.1 Å². The Balaban J connectivity index is 1.57. The summed E-state index contributed by atoms with van der Waals surface area (Å²) in [5, 5.41) is 3.72. The number of anilines is 1. The van der Waals surface area contributed by atoms with E-state index in [1.54, 1.807) is 18.0 Å². The minimum Gasteiger partial charge on any atom is -0.466 e. The third-order valence-electron chi connectivity index (χ3n) is 6.14. The van der Waals surface area contributed by atoms with Crippen LogP contribution >= 0.6 is 23.1 Å². The van der Waals surface area contributed by atoms with Gasteiger partial charge in [0.1, 0.15) is 0 Å². The summed E-state index contributed by atoms with van der Waals surface area (Å²) < 4.78 is 5.96. The minimum absolute atomic E-state index is 0.0128. The molecule has 2 aliphatic carbocycles. The molecule has 0 spiro atoms. The molecule has 0 atom stereocenters. The number of esters is 1. The number of carbonyl (C=O) groups excluding carboxylic acids is 2. The maximum absolute atomic E-state index is 13.3. The van der Waals surface area contributed by atoms with Crippen LogP contribution in [0.1, 0.15) is 78.1 Å². The quantitative estimate of drug-likeness (QED) is 0.390. The lowest BCUT2D eigenvalue weighted by atomic mass is 9.84. The number of aromatic nitrogens is 1. The van der Waals surface area contributed by atoms with E-state index in [0.717, 1.165) is 35.8 Å². The van der Waals surface area contributed by atoms with Crippen LogP contribution in [0.3, 0.4) is 0 Å². The maximum atomic E-state index is 13.3. The van der Waals surface area contributed by atoms with E-state index in [9.17, 15) is 9.59 Å². The van der Waals surface area contributed by atoms with Crippen molar-refractivity contribution in [3.63, 3.8) is 0 Å². The van der Waals surface area contributed by atoms with Crippen molar-refractivity contribution in [3.8, 4) is 0 Å². The summed E-state index contributed by atoms with van der Waals surface area (Å²) in [6.45, 7) is 4.54. The van der Waals surface area contributed by atoms with Gasteiger partial charge in [0.2, 0.25) is 0 Å². The first-order valence-corrected chi connectivity index (χ1v) is 13.2. The first-order chi connectivity index (χ1) is 14.6. The number of thioether (sulfide) groups is 1. The molecule has 30 heavy (non-hydrogen) atoms. The molecular formula is C22H35N3O3S2. The van der Waals surface area contributed by atoms with Crippen molar-refractivity contribution in [3.05, 3.63) is 6.20 Å².